The van der Waals surface area contributed by atoms with Crippen molar-refractivity contribution in [3.63, 3.8) is 0 Å². The first-order valence-corrected chi connectivity index (χ1v) is 5.70. The van der Waals surface area contributed by atoms with Gasteiger partial charge in [-0.15, -0.1) is 0 Å². The van der Waals surface area contributed by atoms with Crippen molar-refractivity contribution in [2.24, 2.45) is 0 Å². The Balaban J connectivity index is 2.84. The number of methoxy groups -OCH3 is 1. The summed E-state index contributed by atoms with van der Waals surface area (Å²) in [6, 6.07) is 2.24. The van der Waals surface area contributed by atoms with Crippen molar-refractivity contribution >= 4 is 5.69 Å². The van der Waals surface area contributed by atoms with Gasteiger partial charge in [-0.25, -0.2) is 8.78 Å². The van der Waals surface area contributed by atoms with Crippen LogP contribution in [-0.4, -0.2) is 26.9 Å². The van der Waals surface area contributed by atoms with Crippen LogP contribution < -0.4 is 5.73 Å². The van der Waals surface area contributed by atoms with E-state index in [0.29, 0.717) is 13.2 Å². The molecule has 102 valence electrons. The van der Waals surface area contributed by atoms with Crippen molar-refractivity contribution in [2.45, 2.75) is 19.3 Å². The third-order valence-electron chi connectivity index (χ3n) is 2.64. The Hall–Kier alpha value is -1.20. The second-order valence-electron chi connectivity index (χ2n) is 4.79. The normalized spacial score (nSPS) is 11.8. The molecule has 0 aliphatic rings. The van der Waals surface area contributed by atoms with Crippen LogP contribution in [0.25, 0.3) is 0 Å². The number of nitrogen functional groups attached to an aromatic ring is 1. The van der Waals surface area contributed by atoms with E-state index in [9.17, 15) is 8.78 Å². The van der Waals surface area contributed by atoms with Gasteiger partial charge < -0.3 is 15.2 Å². The highest BCUT2D eigenvalue weighted by molar-refractivity contribution is 5.43. The standard InChI is InChI=1S/C13H19F2NO2/c1-13(2,8-18-5-4-17-3)12-10(14)6-9(16)7-11(12)15/h6-7H,4-5,8,16H2,1-3H3. The number of halogens is 2. The fraction of sp³-hybridized carbons (Fsp3) is 0.538. The average Bonchev–Trinajstić information content (AvgIpc) is 2.22. The lowest BCUT2D eigenvalue weighted by Gasteiger charge is -2.26. The summed E-state index contributed by atoms with van der Waals surface area (Å²) in [5, 5.41) is 0. The van der Waals surface area contributed by atoms with Gasteiger partial charge in [0.2, 0.25) is 0 Å². The van der Waals surface area contributed by atoms with Crippen LogP contribution in [0.2, 0.25) is 0 Å². The minimum Gasteiger partial charge on any atom is -0.399 e. The molecule has 0 spiro atoms. The Labute approximate surface area is 106 Å². The van der Waals surface area contributed by atoms with Crippen LogP contribution in [0.3, 0.4) is 0 Å². The van der Waals surface area contributed by atoms with E-state index in [1.165, 1.54) is 0 Å². The van der Waals surface area contributed by atoms with E-state index in [1.807, 2.05) is 0 Å². The van der Waals surface area contributed by atoms with Crippen molar-refractivity contribution in [1.82, 2.24) is 0 Å². The largest absolute Gasteiger partial charge is 0.399 e. The van der Waals surface area contributed by atoms with Crippen molar-refractivity contribution in [1.29, 1.82) is 0 Å². The van der Waals surface area contributed by atoms with Crippen LogP contribution in [-0.2, 0) is 14.9 Å². The molecule has 0 amide bonds. The fourth-order valence-electron chi connectivity index (χ4n) is 1.78. The highest BCUT2D eigenvalue weighted by Crippen LogP contribution is 2.30. The van der Waals surface area contributed by atoms with Crippen LogP contribution in [0.1, 0.15) is 19.4 Å². The van der Waals surface area contributed by atoms with Gasteiger partial charge in [-0.3, -0.25) is 0 Å². The first-order chi connectivity index (χ1) is 8.38. The quantitative estimate of drug-likeness (QED) is 0.630. The molecular weight excluding hydrogens is 240 g/mol. The lowest BCUT2D eigenvalue weighted by Crippen LogP contribution is -2.28. The summed E-state index contributed by atoms with van der Waals surface area (Å²) in [5.41, 5.74) is 4.68. The SMILES string of the molecule is COCCOCC(C)(C)c1c(F)cc(N)cc1F. The van der Waals surface area contributed by atoms with E-state index in [2.05, 4.69) is 0 Å². The van der Waals surface area contributed by atoms with E-state index in [4.69, 9.17) is 15.2 Å². The van der Waals surface area contributed by atoms with Gasteiger partial charge in [-0.05, 0) is 12.1 Å². The van der Waals surface area contributed by atoms with Crippen molar-refractivity contribution in [2.75, 3.05) is 32.7 Å². The molecule has 0 bridgehead atoms. The summed E-state index contributed by atoms with van der Waals surface area (Å²) in [6.07, 6.45) is 0. The molecule has 1 rings (SSSR count). The van der Waals surface area contributed by atoms with Gasteiger partial charge in [0.05, 0.1) is 19.8 Å². The molecule has 0 aliphatic carbocycles. The molecule has 5 heteroatoms. The van der Waals surface area contributed by atoms with E-state index < -0.39 is 17.0 Å². The van der Waals surface area contributed by atoms with Gasteiger partial charge in [0.1, 0.15) is 11.6 Å². The van der Waals surface area contributed by atoms with E-state index >= 15 is 0 Å². The topological polar surface area (TPSA) is 44.5 Å². The second-order valence-corrected chi connectivity index (χ2v) is 4.79. The van der Waals surface area contributed by atoms with Gasteiger partial charge in [-0.2, -0.15) is 0 Å². The number of rotatable bonds is 6. The number of hydrogen-bond donors (Lipinski definition) is 1. The molecule has 0 fully saturated rings. The molecule has 0 heterocycles. The van der Waals surface area contributed by atoms with Crippen LogP contribution in [0, 0.1) is 11.6 Å². The maximum atomic E-state index is 13.8. The molecule has 0 unspecified atom stereocenters. The Kier molecular flexibility index (Phi) is 5.04. The molecule has 3 nitrogen and oxygen atoms in total. The zero-order valence-electron chi connectivity index (χ0n) is 10.9. The maximum Gasteiger partial charge on any atom is 0.132 e. The lowest BCUT2D eigenvalue weighted by atomic mass is 9.84. The molecule has 0 radical (unpaired) electrons. The molecule has 0 saturated heterocycles. The van der Waals surface area contributed by atoms with Crippen LogP contribution in [0.5, 0.6) is 0 Å². The smallest absolute Gasteiger partial charge is 0.132 e. The summed E-state index contributed by atoms with van der Waals surface area (Å²) in [5.74, 6) is -1.29. The van der Waals surface area contributed by atoms with Crippen LogP contribution in [0.4, 0.5) is 14.5 Å². The van der Waals surface area contributed by atoms with Gasteiger partial charge in [0.15, 0.2) is 0 Å². The highest BCUT2D eigenvalue weighted by Gasteiger charge is 2.28. The van der Waals surface area contributed by atoms with Crippen molar-refractivity contribution in [3.8, 4) is 0 Å². The molecule has 1 aromatic carbocycles. The molecule has 0 saturated carbocycles. The maximum absolute atomic E-state index is 13.8. The van der Waals surface area contributed by atoms with Gasteiger partial charge in [0, 0.05) is 23.8 Å². The third kappa shape index (κ3) is 3.65. The third-order valence-corrected chi connectivity index (χ3v) is 2.64. The Morgan fingerprint density at radius 2 is 1.72 bits per heavy atom. The van der Waals surface area contributed by atoms with E-state index in [0.717, 1.165) is 12.1 Å². The van der Waals surface area contributed by atoms with Crippen LogP contribution in [0.15, 0.2) is 12.1 Å². The lowest BCUT2D eigenvalue weighted by molar-refractivity contribution is 0.0470. The first-order valence-electron chi connectivity index (χ1n) is 5.70. The summed E-state index contributed by atoms with van der Waals surface area (Å²) in [7, 11) is 1.56. The van der Waals surface area contributed by atoms with Crippen molar-refractivity contribution in [3.05, 3.63) is 29.3 Å². The molecule has 0 aliphatic heterocycles. The first kappa shape index (κ1) is 14.9. The molecule has 1 aromatic rings. The molecule has 2 N–H and O–H groups in total. The summed E-state index contributed by atoms with van der Waals surface area (Å²) in [6.45, 7) is 4.48. The van der Waals surface area contributed by atoms with Gasteiger partial charge in [0.25, 0.3) is 0 Å². The van der Waals surface area contributed by atoms with Gasteiger partial charge in [-0.1, -0.05) is 13.8 Å². The number of hydrogen-bond acceptors (Lipinski definition) is 3. The Morgan fingerprint density at radius 3 is 2.22 bits per heavy atom. The molecule has 18 heavy (non-hydrogen) atoms. The van der Waals surface area contributed by atoms with E-state index in [-0.39, 0.29) is 17.9 Å². The zero-order chi connectivity index (χ0) is 13.8. The van der Waals surface area contributed by atoms with Crippen LogP contribution >= 0.6 is 0 Å². The summed E-state index contributed by atoms with van der Waals surface area (Å²) in [4.78, 5) is 0. The fourth-order valence-corrected chi connectivity index (χ4v) is 1.78. The average molecular weight is 259 g/mol. The Morgan fingerprint density at radius 1 is 1.17 bits per heavy atom. The zero-order valence-corrected chi connectivity index (χ0v) is 10.9. The number of nitrogens with two attached hydrogens (primary N) is 1. The molecule has 0 aromatic heterocycles. The van der Waals surface area contributed by atoms with E-state index in [1.54, 1.807) is 21.0 Å². The molecular formula is C13H19F2NO2. The number of benzene rings is 1. The minimum absolute atomic E-state index is 0.00545. The van der Waals surface area contributed by atoms with Gasteiger partial charge >= 0.3 is 0 Å². The predicted octanol–water partition coefficient (Wildman–Crippen LogP) is 2.49. The number of ether oxygens (including phenoxy) is 2. The second kappa shape index (κ2) is 6.11. The summed E-state index contributed by atoms with van der Waals surface area (Å²) >= 11 is 0. The molecule has 0 atom stereocenters. The predicted molar refractivity (Wildman–Crippen MR) is 66.5 cm³/mol. The minimum atomic E-state index is -0.768. The highest BCUT2D eigenvalue weighted by atomic mass is 19.1. The Bertz CT molecular complexity index is 385. The number of anilines is 1. The monoisotopic (exact) mass is 259 g/mol. The summed E-state index contributed by atoms with van der Waals surface area (Å²) < 4.78 is 37.7. The van der Waals surface area contributed by atoms with Crippen molar-refractivity contribution < 1.29 is 18.3 Å².